The van der Waals surface area contributed by atoms with Crippen molar-refractivity contribution in [2.45, 2.75) is 46.8 Å². The molecule has 0 radical (unpaired) electrons. The molecule has 0 fully saturated rings. The van der Waals surface area contributed by atoms with Crippen molar-refractivity contribution in [3.8, 4) is 5.88 Å². The number of nitrogens with zero attached hydrogens (tertiary/aromatic N) is 3. The third-order valence-electron chi connectivity index (χ3n) is 2.88. The second kappa shape index (κ2) is 7.02. The topological polar surface area (TPSA) is 59.9 Å². The monoisotopic (exact) mass is 286 g/mol. The minimum Gasteiger partial charge on any atom is -0.475 e. The van der Waals surface area contributed by atoms with Crippen LogP contribution in [0.3, 0.4) is 0 Å². The lowest BCUT2D eigenvalue weighted by Crippen LogP contribution is -2.08. The zero-order valence-corrected chi connectivity index (χ0v) is 13.1. The second-order valence-electron chi connectivity index (χ2n) is 5.17. The average molecular weight is 286 g/mol. The van der Waals surface area contributed by atoms with Crippen molar-refractivity contribution in [3.05, 3.63) is 41.5 Å². The molecule has 0 spiro atoms. The van der Waals surface area contributed by atoms with Gasteiger partial charge in [-0.25, -0.2) is 15.0 Å². The van der Waals surface area contributed by atoms with Gasteiger partial charge in [-0.05, 0) is 38.8 Å². The minimum absolute atomic E-state index is 0.123. The molecule has 0 atom stereocenters. The molecule has 0 bridgehead atoms. The normalized spacial score (nSPS) is 10.7. The smallest absolute Gasteiger partial charge is 0.213 e. The Labute approximate surface area is 125 Å². The lowest BCUT2D eigenvalue weighted by Gasteiger charge is -2.11. The summed E-state index contributed by atoms with van der Waals surface area (Å²) >= 11 is 0. The minimum atomic E-state index is 0.123. The summed E-state index contributed by atoms with van der Waals surface area (Å²) in [4.78, 5) is 13.0. The SMILES string of the molecule is CCc1cc(NCc2ccnc(OC(C)C)c2)nc(C)n1. The van der Waals surface area contributed by atoms with Crippen LogP contribution in [0.4, 0.5) is 5.82 Å². The molecular formula is C16H22N4O. The predicted molar refractivity (Wildman–Crippen MR) is 83.5 cm³/mol. The third kappa shape index (κ3) is 4.70. The van der Waals surface area contributed by atoms with E-state index in [2.05, 4.69) is 27.2 Å². The predicted octanol–water partition coefficient (Wildman–Crippen LogP) is 3.14. The fourth-order valence-electron chi connectivity index (χ4n) is 1.96. The maximum Gasteiger partial charge on any atom is 0.213 e. The van der Waals surface area contributed by atoms with Crippen LogP contribution in [0.1, 0.15) is 37.9 Å². The quantitative estimate of drug-likeness (QED) is 0.884. The van der Waals surface area contributed by atoms with Crippen molar-refractivity contribution in [1.82, 2.24) is 15.0 Å². The van der Waals surface area contributed by atoms with Gasteiger partial charge < -0.3 is 10.1 Å². The molecule has 0 aliphatic carbocycles. The van der Waals surface area contributed by atoms with Gasteiger partial charge in [0, 0.05) is 30.6 Å². The molecule has 0 aromatic carbocycles. The molecule has 0 saturated carbocycles. The summed E-state index contributed by atoms with van der Waals surface area (Å²) in [5.74, 6) is 2.29. The van der Waals surface area contributed by atoms with Crippen LogP contribution in [-0.2, 0) is 13.0 Å². The summed E-state index contributed by atoms with van der Waals surface area (Å²) in [6.45, 7) is 8.65. The van der Waals surface area contributed by atoms with Crippen molar-refractivity contribution in [2.24, 2.45) is 0 Å². The van der Waals surface area contributed by atoms with Crippen LogP contribution >= 0.6 is 0 Å². The molecule has 2 aromatic rings. The molecule has 21 heavy (non-hydrogen) atoms. The lowest BCUT2D eigenvalue weighted by atomic mass is 10.2. The molecular weight excluding hydrogens is 264 g/mol. The Hall–Kier alpha value is -2.17. The highest BCUT2D eigenvalue weighted by atomic mass is 16.5. The third-order valence-corrected chi connectivity index (χ3v) is 2.88. The van der Waals surface area contributed by atoms with E-state index in [9.17, 15) is 0 Å². The van der Waals surface area contributed by atoms with Gasteiger partial charge in [0.2, 0.25) is 5.88 Å². The Bertz CT molecular complexity index is 599. The van der Waals surface area contributed by atoms with E-state index in [0.29, 0.717) is 12.4 Å². The van der Waals surface area contributed by atoms with Gasteiger partial charge in [-0.1, -0.05) is 6.92 Å². The maximum absolute atomic E-state index is 5.60. The Balaban J connectivity index is 2.04. The number of rotatable bonds is 6. The molecule has 0 unspecified atom stereocenters. The highest BCUT2D eigenvalue weighted by Gasteiger charge is 2.03. The molecule has 5 nitrogen and oxygen atoms in total. The first kappa shape index (κ1) is 15.2. The Morgan fingerprint density at radius 2 is 2.05 bits per heavy atom. The molecule has 2 heterocycles. The highest BCUT2D eigenvalue weighted by Crippen LogP contribution is 2.13. The van der Waals surface area contributed by atoms with Gasteiger partial charge in [0.15, 0.2) is 0 Å². The molecule has 5 heteroatoms. The van der Waals surface area contributed by atoms with Crippen molar-refractivity contribution >= 4 is 5.82 Å². The van der Waals surface area contributed by atoms with Gasteiger partial charge in [-0.15, -0.1) is 0 Å². The summed E-state index contributed by atoms with van der Waals surface area (Å²) in [7, 11) is 0. The number of aryl methyl sites for hydroxylation is 2. The van der Waals surface area contributed by atoms with Gasteiger partial charge in [-0.2, -0.15) is 0 Å². The van der Waals surface area contributed by atoms with Crippen molar-refractivity contribution in [1.29, 1.82) is 0 Å². The van der Waals surface area contributed by atoms with Crippen molar-refractivity contribution in [2.75, 3.05) is 5.32 Å². The number of hydrogen-bond acceptors (Lipinski definition) is 5. The van der Waals surface area contributed by atoms with E-state index in [0.717, 1.165) is 29.3 Å². The fourth-order valence-corrected chi connectivity index (χ4v) is 1.96. The first-order valence-corrected chi connectivity index (χ1v) is 7.27. The Morgan fingerprint density at radius 1 is 1.24 bits per heavy atom. The maximum atomic E-state index is 5.60. The molecule has 1 N–H and O–H groups in total. The van der Waals surface area contributed by atoms with E-state index >= 15 is 0 Å². The van der Waals surface area contributed by atoms with Crippen LogP contribution in [0.2, 0.25) is 0 Å². The average Bonchev–Trinajstić information content (AvgIpc) is 2.44. The van der Waals surface area contributed by atoms with E-state index in [1.165, 1.54) is 0 Å². The first-order chi connectivity index (χ1) is 10.1. The van der Waals surface area contributed by atoms with E-state index < -0.39 is 0 Å². The van der Waals surface area contributed by atoms with Crippen LogP contribution in [0.15, 0.2) is 24.4 Å². The molecule has 0 saturated heterocycles. The van der Waals surface area contributed by atoms with Crippen LogP contribution in [0, 0.1) is 6.92 Å². The Morgan fingerprint density at radius 3 is 2.76 bits per heavy atom. The molecule has 2 rings (SSSR count). The molecule has 0 aliphatic rings. The van der Waals surface area contributed by atoms with Crippen LogP contribution in [0.25, 0.3) is 0 Å². The van der Waals surface area contributed by atoms with E-state index in [1.54, 1.807) is 6.20 Å². The number of anilines is 1. The highest BCUT2D eigenvalue weighted by molar-refractivity contribution is 5.37. The summed E-state index contributed by atoms with van der Waals surface area (Å²) in [6, 6.07) is 5.90. The molecule has 0 amide bonds. The summed E-state index contributed by atoms with van der Waals surface area (Å²) in [5, 5.41) is 3.32. The van der Waals surface area contributed by atoms with Crippen molar-refractivity contribution < 1.29 is 4.74 Å². The summed E-state index contributed by atoms with van der Waals surface area (Å²) in [6.07, 6.45) is 2.79. The number of hydrogen-bond donors (Lipinski definition) is 1. The number of pyridine rings is 1. The van der Waals surface area contributed by atoms with Crippen LogP contribution in [0.5, 0.6) is 5.88 Å². The van der Waals surface area contributed by atoms with Gasteiger partial charge in [0.25, 0.3) is 0 Å². The zero-order chi connectivity index (χ0) is 15.2. The molecule has 112 valence electrons. The standard InChI is InChI=1S/C16H22N4O/c1-5-14-9-15(20-12(4)19-14)18-10-13-6-7-17-16(8-13)21-11(2)3/h6-9,11H,5,10H2,1-4H3,(H,18,19,20). The van der Waals surface area contributed by atoms with Gasteiger partial charge in [0.05, 0.1) is 6.10 Å². The van der Waals surface area contributed by atoms with Crippen LogP contribution < -0.4 is 10.1 Å². The summed E-state index contributed by atoms with van der Waals surface area (Å²) in [5.41, 5.74) is 2.15. The largest absolute Gasteiger partial charge is 0.475 e. The molecule has 2 aromatic heterocycles. The number of nitrogens with one attached hydrogen (secondary N) is 1. The first-order valence-electron chi connectivity index (χ1n) is 7.27. The lowest BCUT2D eigenvalue weighted by molar-refractivity contribution is 0.232. The fraction of sp³-hybridized carbons (Fsp3) is 0.438. The van der Waals surface area contributed by atoms with E-state index in [1.807, 2.05) is 39.0 Å². The molecule has 0 aliphatic heterocycles. The van der Waals surface area contributed by atoms with Gasteiger partial charge in [0.1, 0.15) is 11.6 Å². The van der Waals surface area contributed by atoms with Crippen LogP contribution in [-0.4, -0.2) is 21.1 Å². The number of aromatic nitrogens is 3. The van der Waals surface area contributed by atoms with Gasteiger partial charge in [-0.3, -0.25) is 0 Å². The number of ether oxygens (including phenoxy) is 1. The van der Waals surface area contributed by atoms with E-state index in [-0.39, 0.29) is 6.10 Å². The van der Waals surface area contributed by atoms with Gasteiger partial charge >= 0.3 is 0 Å². The summed E-state index contributed by atoms with van der Waals surface area (Å²) < 4.78 is 5.60. The van der Waals surface area contributed by atoms with E-state index in [4.69, 9.17) is 4.74 Å². The van der Waals surface area contributed by atoms with Crippen molar-refractivity contribution in [3.63, 3.8) is 0 Å². The second-order valence-corrected chi connectivity index (χ2v) is 5.17. The Kier molecular flexibility index (Phi) is 5.09. The zero-order valence-electron chi connectivity index (χ0n) is 13.1.